The Morgan fingerprint density at radius 1 is 0.931 bits per heavy atom. The molecular weight excluding hydrogens is 360 g/mol. The minimum absolute atomic E-state index is 0.0332. The van der Waals surface area contributed by atoms with Crippen LogP contribution in [-0.4, -0.2) is 29.3 Å². The second-order valence-corrected chi connectivity index (χ2v) is 8.37. The van der Waals surface area contributed by atoms with Crippen LogP contribution in [0.5, 0.6) is 0 Å². The zero-order chi connectivity index (χ0) is 21.6. The Balaban J connectivity index is 2.27. The van der Waals surface area contributed by atoms with Crippen molar-refractivity contribution in [1.29, 1.82) is 0 Å². The molecule has 0 heterocycles. The third-order valence-electron chi connectivity index (χ3n) is 5.30. The molecule has 1 atom stereocenters. The number of nitrogens with one attached hydrogen (secondary N) is 1. The van der Waals surface area contributed by atoms with Gasteiger partial charge in [-0.05, 0) is 55.9 Å². The van der Waals surface area contributed by atoms with E-state index >= 15 is 0 Å². The highest BCUT2D eigenvalue weighted by atomic mass is 16.2. The minimum atomic E-state index is -0.536. The Hall–Kier alpha value is -2.62. The zero-order valence-electron chi connectivity index (χ0n) is 18.6. The smallest absolute Gasteiger partial charge is 0.242 e. The Morgan fingerprint density at radius 2 is 1.59 bits per heavy atom. The van der Waals surface area contributed by atoms with Crippen molar-refractivity contribution in [3.05, 3.63) is 70.3 Å². The summed E-state index contributed by atoms with van der Waals surface area (Å²) in [7, 11) is 0. The van der Waals surface area contributed by atoms with Crippen LogP contribution in [0.2, 0.25) is 0 Å². The fourth-order valence-electron chi connectivity index (χ4n) is 3.26. The van der Waals surface area contributed by atoms with Crippen molar-refractivity contribution in [2.75, 3.05) is 6.54 Å². The Labute approximate surface area is 175 Å². The van der Waals surface area contributed by atoms with Crippen molar-refractivity contribution in [3.63, 3.8) is 0 Å². The van der Waals surface area contributed by atoms with Crippen molar-refractivity contribution in [2.24, 2.45) is 5.92 Å². The third-order valence-corrected chi connectivity index (χ3v) is 5.30. The van der Waals surface area contributed by atoms with E-state index in [1.807, 2.05) is 58.0 Å². The maximum atomic E-state index is 13.3. The van der Waals surface area contributed by atoms with E-state index in [1.165, 1.54) is 0 Å². The molecule has 0 aromatic heterocycles. The molecule has 1 N–H and O–H groups in total. The summed E-state index contributed by atoms with van der Waals surface area (Å²) >= 11 is 0. The van der Waals surface area contributed by atoms with Crippen LogP contribution in [0.4, 0.5) is 0 Å². The first kappa shape index (κ1) is 22.7. The quantitative estimate of drug-likeness (QED) is 0.724. The van der Waals surface area contributed by atoms with Crippen LogP contribution < -0.4 is 5.32 Å². The number of hydrogen-bond donors (Lipinski definition) is 1. The molecule has 2 amide bonds. The van der Waals surface area contributed by atoms with E-state index in [-0.39, 0.29) is 11.8 Å². The molecule has 0 aliphatic rings. The molecule has 0 aliphatic heterocycles. The van der Waals surface area contributed by atoms with Gasteiger partial charge in [0.05, 0.1) is 6.42 Å². The summed E-state index contributed by atoms with van der Waals surface area (Å²) in [5.74, 6) is 0.220. The Morgan fingerprint density at radius 3 is 2.24 bits per heavy atom. The van der Waals surface area contributed by atoms with Crippen LogP contribution in [0.3, 0.4) is 0 Å². The molecule has 156 valence electrons. The first-order valence-electron chi connectivity index (χ1n) is 10.4. The van der Waals surface area contributed by atoms with Gasteiger partial charge in [-0.3, -0.25) is 9.59 Å². The molecule has 0 aliphatic carbocycles. The molecule has 0 saturated heterocycles. The second kappa shape index (κ2) is 10.2. The molecule has 0 bridgehead atoms. The molecule has 2 aromatic carbocycles. The maximum absolute atomic E-state index is 13.3. The van der Waals surface area contributed by atoms with E-state index in [0.29, 0.717) is 25.4 Å². The number of nitrogens with zero attached hydrogens (tertiary/aromatic N) is 1. The van der Waals surface area contributed by atoms with Crippen molar-refractivity contribution in [3.8, 4) is 0 Å². The van der Waals surface area contributed by atoms with Crippen molar-refractivity contribution < 1.29 is 9.59 Å². The number of amides is 2. The van der Waals surface area contributed by atoms with Crippen molar-refractivity contribution in [2.45, 2.75) is 60.5 Å². The molecule has 4 heteroatoms. The summed E-state index contributed by atoms with van der Waals surface area (Å²) in [6.07, 6.45) is 0.293. The fourth-order valence-corrected chi connectivity index (χ4v) is 3.26. The van der Waals surface area contributed by atoms with Gasteiger partial charge in [-0.1, -0.05) is 61.9 Å². The van der Waals surface area contributed by atoms with Crippen LogP contribution in [0.15, 0.2) is 42.5 Å². The molecule has 2 rings (SSSR count). The highest BCUT2D eigenvalue weighted by molar-refractivity contribution is 5.88. The van der Waals surface area contributed by atoms with Gasteiger partial charge < -0.3 is 10.2 Å². The summed E-state index contributed by atoms with van der Waals surface area (Å²) in [4.78, 5) is 27.8. The number of benzene rings is 2. The van der Waals surface area contributed by atoms with Gasteiger partial charge in [0.2, 0.25) is 11.8 Å². The maximum Gasteiger partial charge on any atom is 0.242 e. The average Bonchev–Trinajstić information content (AvgIpc) is 2.67. The predicted octanol–water partition coefficient (Wildman–Crippen LogP) is 4.34. The molecule has 0 saturated carbocycles. The van der Waals surface area contributed by atoms with E-state index in [4.69, 9.17) is 0 Å². The lowest BCUT2D eigenvalue weighted by Gasteiger charge is -2.30. The van der Waals surface area contributed by atoms with Gasteiger partial charge >= 0.3 is 0 Å². The van der Waals surface area contributed by atoms with Gasteiger partial charge in [-0.15, -0.1) is 0 Å². The number of aryl methyl sites for hydroxylation is 3. The van der Waals surface area contributed by atoms with Crippen LogP contribution in [-0.2, 0) is 22.6 Å². The van der Waals surface area contributed by atoms with Crippen molar-refractivity contribution in [1.82, 2.24) is 10.2 Å². The lowest BCUT2D eigenvalue weighted by atomic mass is 10.0. The van der Waals surface area contributed by atoms with Gasteiger partial charge in [0, 0.05) is 13.1 Å². The average molecular weight is 395 g/mol. The third kappa shape index (κ3) is 6.45. The molecule has 0 spiro atoms. The lowest BCUT2D eigenvalue weighted by molar-refractivity contribution is -0.140. The molecule has 0 radical (unpaired) electrons. The second-order valence-electron chi connectivity index (χ2n) is 8.37. The Kier molecular flexibility index (Phi) is 8.00. The highest BCUT2D eigenvalue weighted by Gasteiger charge is 2.26. The standard InChI is InChI=1S/C25H34N2O2/c1-17(2)15-26-25(29)21(6)27(16-22-10-8-7-9-19(22)4)24(28)14-23-13-18(3)11-12-20(23)5/h7-13,17,21H,14-16H2,1-6H3,(H,26,29)/t21-/m1/s1. The van der Waals surface area contributed by atoms with Gasteiger partial charge in [0.15, 0.2) is 0 Å². The SMILES string of the molecule is Cc1ccc(C)c(CC(=O)N(Cc2ccccc2C)[C@H](C)C(=O)NCC(C)C)c1. The normalized spacial score (nSPS) is 12.0. The van der Waals surface area contributed by atoms with Gasteiger partial charge in [-0.25, -0.2) is 0 Å². The van der Waals surface area contributed by atoms with E-state index < -0.39 is 6.04 Å². The largest absolute Gasteiger partial charge is 0.354 e. The number of hydrogen-bond acceptors (Lipinski definition) is 2. The van der Waals surface area contributed by atoms with Gasteiger partial charge in [0.25, 0.3) is 0 Å². The molecule has 4 nitrogen and oxygen atoms in total. The molecule has 0 fully saturated rings. The van der Waals surface area contributed by atoms with Gasteiger partial charge in [-0.2, -0.15) is 0 Å². The zero-order valence-corrected chi connectivity index (χ0v) is 18.6. The fraction of sp³-hybridized carbons (Fsp3) is 0.440. The summed E-state index contributed by atoms with van der Waals surface area (Å²) in [5, 5.41) is 2.97. The predicted molar refractivity (Wildman–Crippen MR) is 119 cm³/mol. The van der Waals surface area contributed by atoms with E-state index in [1.54, 1.807) is 4.90 Å². The van der Waals surface area contributed by atoms with Crippen LogP contribution in [0, 0.1) is 26.7 Å². The number of carbonyl (C=O) groups is 2. The number of carbonyl (C=O) groups excluding carboxylic acids is 2. The summed E-state index contributed by atoms with van der Waals surface area (Å²) in [5.41, 5.74) is 5.42. The van der Waals surface area contributed by atoms with Crippen LogP contribution in [0.25, 0.3) is 0 Å². The molecule has 2 aromatic rings. The highest BCUT2D eigenvalue weighted by Crippen LogP contribution is 2.17. The van der Waals surface area contributed by atoms with Crippen LogP contribution >= 0.6 is 0 Å². The minimum Gasteiger partial charge on any atom is -0.354 e. The number of rotatable bonds is 8. The van der Waals surface area contributed by atoms with Crippen molar-refractivity contribution >= 4 is 11.8 Å². The van der Waals surface area contributed by atoms with E-state index in [2.05, 4.69) is 31.3 Å². The monoisotopic (exact) mass is 394 g/mol. The first-order chi connectivity index (χ1) is 13.7. The van der Waals surface area contributed by atoms with Gasteiger partial charge in [0.1, 0.15) is 6.04 Å². The summed E-state index contributed by atoms with van der Waals surface area (Å²) < 4.78 is 0. The lowest BCUT2D eigenvalue weighted by Crippen LogP contribution is -2.48. The summed E-state index contributed by atoms with van der Waals surface area (Å²) in [6, 6.07) is 13.6. The van der Waals surface area contributed by atoms with Crippen LogP contribution in [0.1, 0.15) is 48.6 Å². The van der Waals surface area contributed by atoms with E-state index in [9.17, 15) is 9.59 Å². The van der Waals surface area contributed by atoms with E-state index in [0.717, 1.165) is 27.8 Å². The topological polar surface area (TPSA) is 49.4 Å². The molecule has 0 unspecified atom stereocenters. The molecular formula is C25H34N2O2. The Bertz CT molecular complexity index is 858. The first-order valence-corrected chi connectivity index (χ1v) is 10.4. The molecule has 29 heavy (non-hydrogen) atoms. The summed E-state index contributed by atoms with van der Waals surface area (Å²) in [6.45, 7) is 13.0.